The van der Waals surface area contributed by atoms with E-state index in [1.807, 2.05) is 13.0 Å². The molecule has 0 saturated heterocycles. The third-order valence-electron chi connectivity index (χ3n) is 1.27. The lowest BCUT2D eigenvalue weighted by Gasteiger charge is -1.99. The van der Waals surface area contributed by atoms with Gasteiger partial charge in [0.25, 0.3) is 0 Å². The summed E-state index contributed by atoms with van der Waals surface area (Å²) in [6.45, 7) is 2.04. The molecule has 0 unspecified atom stereocenters. The van der Waals surface area contributed by atoms with Crippen LogP contribution in [-0.4, -0.2) is 19.0 Å². The minimum atomic E-state index is -0.326. The lowest BCUT2D eigenvalue weighted by atomic mass is 10.2. The molecule has 0 aromatic carbocycles. The molecule has 0 aromatic rings. The number of hydrogen-bond acceptors (Lipinski definition) is 2. The van der Waals surface area contributed by atoms with Crippen molar-refractivity contribution < 1.29 is 9.53 Å². The average Bonchev–Trinajstić information content (AvgIpc) is 2.05. The Balaban J connectivity index is 4.03. The molecule has 0 saturated carbocycles. The van der Waals surface area contributed by atoms with Crippen LogP contribution in [0.25, 0.3) is 0 Å². The normalized spacial score (nSPS) is 11.4. The van der Waals surface area contributed by atoms with Gasteiger partial charge in [-0.1, -0.05) is 19.4 Å². The predicted molar refractivity (Wildman–Crippen MR) is 45.7 cm³/mol. The number of carbonyl (C=O) groups excluding carboxylic acids is 1. The van der Waals surface area contributed by atoms with E-state index in [1.165, 1.54) is 7.11 Å². The summed E-state index contributed by atoms with van der Waals surface area (Å²) in [4.78, 5) is 10.9. The third kappa shape index (κ3) is 4.04. The first-order valence-corrected chi connectivity index (χ1v) is 4.13. The molecule has 0 aliphatic carbocycles. The zero-order valence-electron chi connectivity index (χ0n) is 6.89. The van der Waals surface area contributed by atoms with E-state index < -0.39 is 0 Å². The Morgan fingerprint density at radius 2 is 2.27 bits per heavy atom. The molecule has 0 radical (unpaired) electrons. The van der Waals surface area contributed by atoms with Gasteiger partial charge in [-0.25, -0.2) is 4.79 Å². The summed E-state index contributed by atoms with van der Waals surface area (Å²) in [5.74, 6) is -0.0967. The Hall–Kier alpha value is -0.500. The fourth-order valence-corrected chi connectivity index (χ4v) is 0.860. The van der Waals surface area contributed by atoms with Gasteiger partial charge >= 0.3 is 5.97 Å². The van der Waals surface area contributed by atoms with Crippen LogP contribution in [0.4, 0.5) is 0 Å². The van der Waals surface area contributed by atoms with Crippen LogP contribution in [0.15, 0.2) is 11.6 Å². The highest BCUT2D eigenvalue weighted by atomic mass is 35.5. The Kier molecular flexibility index (Phi) is 5.94. The molecule has 0 amide bonds. The second-order valence-electron chi connectivity index (χ2n) is 2.14. The molecule has 0 N–H and O–H groups in total. The van der Waals surface area contributed by atoms with Crippen molar-refractivity contribution in [3.63, 3.8) is 0 Å². The van der Waals surface area contributed by atoms with Gasteiger partial charge in [0.1, 0.15) is 0 Å². The molecule has 0 spiro atoms. The van der Waals surface area contributed by atoms with Crippen LogP contribution in [0.3, 0.4) is 0 Å². The minimum absolute atomic E-state index is 0.229. The third-order valence-corrected chi connectivity index (χ3v) is 1.56. The number of methoxy groups -OCH3 is 1. The number of carbonyl (C=O) groups is 1. The molecule has 0 fully saturated rings. The first-order valence-electron chi connectivity index (χ1n) is 3.59. The van der Waals surface area contributed by atoms with Crippen LogP contribution in [-0.2, 0) is 9.53 Å². The monoisotopic (exact) mass is 176 g/mol. The zero-order chi connectivity index (χ0) is 8.69. The molecule has 64 valence electrons. The first kappa shape index (κ1) is 10.5. The second kappa shape index (κ2) is 6.23. The fraction of sp³-hybridized carbons (Fsp3) is 0.625. The summed E-state index contributed by atoms with van der Waals surface area (Å²) in [5, 5.41) is 0. The largest absolute Gasteiger partial charge is 0.466 e. The summed E-state index contributed by atoms with van der Waals surface area (Å²) in [7, 11) is 1.36. The molecule has 11 heavy (non-hydrogen) atoms. The van der Waals surface area contributed by atoms with Gasteiger partial charge in [-0.05, 0) is 6.42 Å². The second-order valence-corrected chi connectivity index (χ2v) is 2.41. The highest BCUT2D eigenvalue weighted by Gasteiger charge is 2.05. The van der Waals surface area contributed by atoms with Crippen LogP contribution in [0, 0.1) is 0 Å². The van der Waals surface area contributed by atoms with Crippen molar-refractivity contribution in [3.05, 3.63) is 11.6 Å². The Morgan fingerprint density at radius 1 is 1.64 bits per heavy atom. The quantitative estimate of drug-likeness (QED) is 0.373. The SMILES string of the molecule is CCCC=C(CCl)C(=O)OC. The van der Waals surface area contributed by atoms with Gasteiger partial charge in [0.15, 0.2) is 0 Å². The van der Waals surface area contributed by atoms with Crippen molar-refractivity contribution in [1.82, 2.24) is 0 Å². The molecular formula is C8H13ClO2. The Morgan fingerprint density at radius 3 is 2.64 bits per heavy atom. The van der Waals surface area contributed by atoms with E-state index >= 15 is 0 Å². The number of alkyl halides is 1. The van der Waals surface area contributed by atoms with Crippen molar-refractivity contribution >= 4 is 17.6 Å². The van der Waals surface area contributed by atoms with Crippen molar-refractivity contribution in [2.75, 3.05) is 13.0 Å². The first-order chi connectivity index (χ1) is 5.26. The summed E-state index contributed by atoms with van der Waals surface area (Å²) >= 11 is 5.51. The maximum Gasteiger partial charge on any atom is 0.334 e. The lowest BCUT2D eigenvalue weighted by Crippen LogP contribution is -2.05. The van der Waals surface area contributed by atoms with Gasteiger partial charge in [-0.2, -0.15) is 0 Å². The van der Waals surface area contributed by atoms with Crippen molar-refractivity contribution in [3.8, 4) is 0 Å². The van der Waals surface area contributed by atoms with Gasteiger partial charge < -0.3 is 4.74 Å². The van der Waals surface area contributed by atoms with Crippen LogP contribution in [0.2, 0.25) is 0 Å². The molecule has 0 atom stereocenters. The molecule has 0 aromatic heterocycles. The van der Waals surface area contributed by atoms with Gasteiger partial charge in [0.2, 0.25) is 0 Å². The number of allylic oxidation sites excluding steroid dienone is 1. The smallest absolute Gasteiger partial charge is 0.334 e. The predicted octanol–water partition coefficient (Wildman–Crippen LogP) is 2.12. The summed E-state index contributed by atoms with van der Waals surface area (Å²) in [6, 6.07) is 0. The van der Waals surface area contributed by atoms with E-state index in [-0.39, 0.29) is 11.8 Å². The number of ether oxygens (including phenoxy) is 1. The van der Waals surface area contributed by atoms with Crippen LogP contribution < -0.4 is 0 Å². The van der Waals surface area contributed by atoms with Crippen molar-refractivity contribution in [1.29, 1.82) is 0 Å². The standard InChI is InChI=1S/C8H13ClO2/c1-3-4-5-7(6-9)8(10)11-2/h5H,3-4,6H2,1-2H3. The molecule has 0 heterocycles. The summed E-state index contributed by atoms with van der Waals surface area (Å²) in [5.41, 5.74) is 0.552. The summed E-state index contributed by atoms with van der Waals surface area (Å²) < 4.78 is 4.51. The maximum atomic E-state index is 10.9. The minimum Gasteiger partial charge on any atom is -0.466 e. The zero-order valence-corrected chi connectivity index (χ0v) is 7.65. The molecule has 0 aliphatic rings. The van der Waals surface area contributed by atoms with E-state index in [9.17, 15) is 4.79 Å². The van der Waals surface area contributed by atoms with Gasteiger partial charge in [-0.3, -0.25) is 0 Å². The van der Waals surface area contributed by atoms with E-state index in [2.05, 4.69) is 4.74 Å². The number of esters is 1. The maximum absolute atomic E-state index is 10.9. The van der Waals surface area contributed by atoms with E-state index in [0.717, 1.165) is 12.8 Å². The van der Waals surface area contributed by atoms with E-state index in [1.54, 1.807) is 0 Å². The molecule has 0 bridgehead atoms. The molecule has 3 heteroatoms. The van der Waals surface area contributed by atoms with Gasteiger partial charge in [0.05, 0.1) is 13.0 Å². The van der Waals surface area contributed by atoms with Gasteiger partial charge in [0, 0.05) is 5.57 Å². The lowest BCUT2D eigenvalue weighted by molar-refractivity contribution is -0.136. The molecule has 2 nitrogen and oxygen atoms in total. The Labute approximate surface area is 72.2 Å². The van der Waals surface area contributed by atoms with Gasteiger partial charge in [-0.15, -0.1) is 11.6 Å². The van der Waals surface area contributed by atoms with E-state index in [4.69, 9.17) is 11.6 Å². The number of hydrogen-bond donors (Lipinski definition) is 0. The molecule has 0 aliphatic heterocycles. The highest BCUT2D eigenvalue weighted by molar-refractivity contribution is 6.22. The highest BCUT2D eigenvalue weighted by Crippen LogP contribution is 2.03. The Bertz CT molecular complexity index is 152. The van der Waals surface area contributed by atoms with E-state index in [0.29, 0.717) is 5.57 Å². The van der Waals surface area contributed by atoms with Crippen LogP contribution in [0.1, 0.15) is 19.8 Å². The number of rotatable bonds is 4. The summed E-state index contributed by atoms with van der Waals surface area (Å²) in [6.07, 6.45) is 3.70. The topological polar surface area (TPSA) is 26.3 Å². The fourth-order valence-electron chi connectivity index (χ4n) is 0.642. The van der Waals surface area contributed by atoms with Crippen LogP contribution >= 0.6 is 11.6 Å². The molecular weight excluding hydrogens is 164 g/mol. The number of halogens is 1. The molecule has 0 rings (SSSR count). The number of unbranched alkanes of at least 4 members (excludes halogenated alkanes) is 1. The average molecular weight is 177 g/mol. The van der Waals surface area contributed by atoms with Crippen molar-refractivity contribution in [2.45, 2.75) is 19.8 Å². The van der Waals surface area contributed by atoms with Crippen molar-refractivity contribution in [2.24, 2.45) is 0 Å². The van der Waals surface area contributed by atoms with Crippen LogP contribution in [0.5, 0.6) is 0 Å².